The highest BCUT2D eigenvalue weighted by atomic mass is 35.5. The van der Waals surface area contributed by atoms with Gasteiger partial charge in [0, 0.05) is 27.9 Å². The van der Waals surface area contributed by atoms with E-state index in [4.69, 9.17) is 11.6 Å². The number of hydrogen-bond donors (Lipinski definition) is 2. The van der Waals surface area contributed by atoms with E-state index >= 15 is 0 Å². The van der Waals surface area contributed by atoms with Crippen molar-refractivity contribution in [3.05, 3.63) is 46.3 Å². The van der Waals surface area contributed by atoms with Crippen LogP contribution < -0.4 is 10.6 Å². The molecule has 0 bridgehead atoms. The van der Waals surface area contributed by atoms with Gasteiger partial charge in [0.1, 0.15) is 5.54 Å². The molecular weight excluding hydrogens is 394 g/mol. The maximum atomic E-state index is 12.6. The zero-order valence-corrected chi connectivity index (χ0v) is 17.2. The normalized spacial score (nSPS) is 18.2. The Balaban J connectivity index is 1.22. The number of nitrogens with zero attached hydrogens (tertiary/aromatic N) is 1. The second-order valence-electron chi connectivity index (χ2n) is 7.48. The Bertz CT molecular complexity index is 876. The zero-order valence-electron chi connectivity index (χ0n) is 15.7. The molecule has 1 spiro atoms. The molecule has 1 aliphatic carbocycles. The van der Waals surface area contributed by atoms with Gasteiger partial charge in [-0.25, -0.2) is 4.79 Å². The molecule has 2 fully saturated rings. The molecule has 7 heteroatoms. The van der Waals surface area contributed by atoms with Crippen molar-refractivity contribution in [1.29, 1.82) is 0 Å². The minimum Gasteiger partial charge on any atom is -0.323 e. The van der Waals surface area contributed by atoms with E-state index in [1.54, 1.807) is 11.3 Å². The van der Waals surface area contributed by atoms with Gasteiger partial charge in [-0.15, -0.1) is 11.3 Å². The summed E-state index contributed by atoms with van der Waals surface area (Å²) < 4.78 is 0. The Kier molecular flexibility index (Phi) is 5.71. The molecule has 2 aliphatic rings. The van der Waals surface area contributed by atoms with Crippen LogP contribution in [0.5, 0.6) is 0 Å². The summed E-state index contributed by atoms with van der Waals surface area (Å²) in [4.78, 5) is 28.6. The molecule has 4 rings (SSSR count). The number of carbonyl (C=O) groups excluding carboxylic acids is 2. The van der Waals surface area contributed by atoms with Gasteiger partial charge in [0.15, 0.2) is 0 Å². The van der Waals surface area contributed by atoms with Gasteiger partial charge in [-0.2, -0.15) is 0 Å². The molecule has 2 N–H and O–H groups in total. The van der Waals surface area contributed by atoms with Crippen molar-refractivity contribution in [1.82, 2.24) is 15.5 Å². The zero-order chi connectivity index (χ0) is 19.6. The standard InChI is InChI=1S/C21H24ClN3O2S/c22-16-6-3-5-15(13-16)18-8-7-17(28-18)14-23-11-4-12-25-19(26)21(24-20(25)27)9-1-2-10-21/h3,5-8,13,23H,1-2,4,9-12,14H2,(H,24,27). The van der Waals surface area contributed by atoms with E-state index in [0.29, 0.717) is 6.54 Å². The molecule has 2 aromatic rings. The van der Waals surface area contributed by atoms with Crippen LogP contribution in [0.1, 0.15) is 37.0 Å². The summed E-state index contributed by atoms with van der Waals surface area (Å²) in [5, 5.41) is 7.08. The summed E-state index contributed by atoms with van der Waals surface area (Å²) in [5.74, 6) is -0.0283. The summed E-state index contributed by atoms with van der Waals surface area (Å²) in [6, 6.07) is 11.9. The maximum Gasteiger partial charge on any atom is 0.325 e. The van der Waals surface area contributed by atoms with Crippen molar-refractivity contribution in [3.63, 3.8) is 0 Å². The van der Waals surface area contributed by atoms with Crippen molar-refractivity contribution in [2.24, 2.45) is 0 Å². The number of rotatable bonds is 7. The number of imide groups is 1. The SMILES string of the molecule is O=C1NC2(CCCC2)C(=O)N1CCCNCc1ccc(-c2cccc(Cl)c2)s1. The Labute approximate surface area is 174 Å². The minimum atomic E-state index is -0.599. The fourth-order valence-corrected chi connectivity index (χ4v) is 5.20. The van der Waals surface area contributed by atoms with Gasteiger partial charge in [-0.1, -0.05) is 36.6 Å². The lowest BCUT2D eigenvalue weighted by Gasteiger charge is -2.20. The van der Waals surface area contributed by atoms with E-state index < -0.39 is 5.54 Å². The number of benzene rings is 1. The van der Waals surface area contributed by atoms with Crippen molar-refractivity contribution in [2.45, 2.75) is 44.2 Å². The third-order valence-electron chi connectivity index (χ3n) is 5.51. The largest absolute Gasteiger partial charge is 0.325 e. The van der Waals surface area contributed by atoms with Crippen LogP contribution >= 0.6 is 22.9 Å². The molecule has 2 heterocycles. The first-order valence-corrected chi connectivity index (χ1v) is 11.0. The number of halogens is 1. The van der Waals surface area contributed by atoms with E-state index in [1.807, 2.05) is 18.2 Å². The van der Waals surface area contributed by atoms with Gasteiger partial charge < -0.3 is 10.6 Å². The number of urea groups is 1. The molecule has 148 valence electrons. The quantitative estimate of drug-likeness (QED) is 0.518. The van der Waals surface area contributed by atoms with Gasteiger partial charge in [0.2, 0.25) is 0 Å². The predicted octanol–water partition coefficient (Wildman–Crippen LogP) is 4.41. The number of hydrogen-bond acceptors (Lipinski definition) is 4. The van der Waals surface area contributed by atoms with Crippen LogP contribution in [-0.2, 0) is 11.3 Å². The van der Waals surface area contributed by atoms with Crippen LogP contribution in [0.15, 0.2) is 36.4 Å². The number of amides is 3. The van der Waals surface area contributed by atoms with Gasteiger partial charge in [-0.3, -0.25) is 9.69 Å². The van der Waals surface area contributed by atoms with Gasteiger partial charge in [-0.05, 0) is 55.6 Å². The van der Waals surface area contributed by atoms with E-state index in [1.165, 1.54) is 14.7 Å². The van der Waals surface area contributed by atoms with Crippen molar-refractivity contribution < 1.29 is 9.59 Å². The topological polar surface area (TPSA) is 61.4 Å². The molecule has 1 aromatic heterocycles. The number of thiophene rings is 1. The highest BCUT2D eigenvalue weighted by molar-refractivity contribution is 7.15. The lowest BCUT2D eigenvalue weighted by Crippen LogP contribution is -2.44. The fraction of sp³-hybridized carbons (Fsp3) is 0.429. The molecule has 1 aliphatic heterocycles. The first kappa shape index (κ1) is 19.4. The predicted molar refractivity (Wildman–Crippen MR) is 113 cm³/mol. The van der Waals surface area contributed by atoms with Crippen LogP contribution in [0.4, 0.5) is 4.79 Å². The summed E-state index contributed by atoms with van der Waals surface area (Å²) in [6.07, 6.45) is 4.33. The van der Waals surface area contributed by atoms with Gasteiger partial charge in [0.25, 0.3) is 5.91 Å². The Morgan fingerprint density at radius 3 is 2.79 bits per heavy atom. The third kappa shape index (κ3) is 3.95. The number of nitrogens with one attached hydrogen (secondary N) is 2. The Hall–Kier alpha value is -1.89. The highest BCUT2D eigenvalue weighted by Gasteiger charge is 2.51. The smallest absolute Gasteiger partial charge is 0.323 e. The van der Waals surface area contributed by atoms with Crippen LogP contribution in [-0.4, -0.2) is 35.5 Å². The average Bonchev–Trinajstić information content (AvgIpc) is 3.38. The third-order valence-corrected chi connectivity index (χ3v) is 6.88. The van der Waals surface area contributed by atoms with Crippen molar-refractivity contribution in [3.8, 4) is 10.4 Å². The van der Waals surface area contributed by atoms with Gasteiger partial charge in [0.05, 0.1) is 0 Å². The van der Waals surface area contributed by atoms with Gasteiger partial charge >= 0.3 is 6.03 Å². The van der Waals surface area contributed by atoms with E-state index in [2.05, 4.69) is 28.8 Å². The first-order chi connectivity index (χ1) is 13.6. The Morgan fingerprint density at radius 2 is 2.00 bits per heavy atom. The summed E-state index contributed by atoms with van der Waals surface area (Å²) in [7, 11) is 0. The summed E-state index contributed by atoms with van der Waals surface area (Å²) >= 11 is 7.81. The molecule has 3 amide bonds. The second kappa shape index (κ2) is 8.23. The van der Waals surface area contributed by atoms with E-state index in [-0.39, 0.29) is 11.9 Å². The molecule has 5 nitrogen and oxygen atoms in total. The lowest BCUT2D eigenvalue weighted by molar-refractivity contribution is -0.131. The number of carbonyl (C=O) groups is 2. The highest BCUT2D eigenvalue weighted by Crippen LogP contribution is 2.35. The molecular formula is C21H24ClN3O2S. The van der Waals surface area contributed by atoms with Crippen LogP contribution in [0, 0.1) is 0 Å². The average molecular weight is 418 g/mol. The summed E-state index contributed by atoms with van der Waals surface area (Å²) in [5.41, 5.74) is 0.529. The molecule has 1 aromatic carbocycles. The molecule has 0 unspecified atom stereocenters. The second-order valence-corrected chi connectivity index (χ2v) is 9.09. The Morgan fingerprint density at radius 1 is 1.18 bits per heavy atom. The minimum absolute atomic E-state index is 0.0283. The van der Waals surface area contributed by atoms with E-state index in [0.717, 1.165) is 55.8 Å². The van der Waals surface area contributed by atoms with Crippen molar-refractivity contribution >= 4 is 34.9 Å². The van der Waals surface area contributed by atoms with E-state index in [9.17, 15) is 9.59 Å². The van der Waals surface area contributed by atoms with Crippen LogP contribution in [0.2, 0.25) is 5.02 Å². The lowest BCUT2D eigenvalue weighted by atomic mass is 9.98. The fourth-order valence-electron chi connectivity index (χ4n) is 4.04. The first-order valence-electron chi connectivity index (χ1n) is 9.77. The molecule has 1 saturated carbocycles. The monoisotopic (exact) mass is 417 g/mol. The molecule has 28 heavy (non-hydrogen) atoms. The van der Waals surface area contributed by atoms with Crippen LogP contribution in [0.3, 0.4) is 0 Å². The molecule has 0 atom stereocenters. The molecule has 0 radical (unpaired) electrons. The summed E-state index contributed by atoms with van der Waals surface area (Å²) in [6.45, 7) is 2.00. The molecule has 1 saturated heterocycles. The van der Waals surface area contributed by atoms with Crippen molar-refractivity contribution in [2.75, 3.05) is 13.1 Å². The van der Waals surface area contributed by atoms with Crippen LogP contribution in [0.25, 0.3) is 10.4 Å². The maximum absolute atomic E-state index is 12.6.